The molecular weight excluding hydrogens is 324 g/mol. The van der Waals surface area contributed by atoms with Crippen LogP contribution < -0.4 is 4.90 Å². The zero-order chi connectivity index (χ0) is 17.9. The molecule has 1 heterocycles. The van der Waals surface area contributed by atoms with Gasteiger partial charge < -0.3 is 4.90 Å². The molecule has 0 spiro atoms. The first-order valence-electron chi connectivity index (χ1n) is 8.54. The Morgan fingerprint density at radius 3 is 1.62 bits per heavy atom. The van der Waals surface area contributed by atoms with Crippen molar-refractivity contribution in [2.24, 2.45) is 0 Å². The van der Waals surface area contributed by atoms with Crippen molar-refractivity contribution in [1.82, 2.24) is 4.90 Å². The number of hydrogen-bond donors (Lipinski definition) is 0. The fraction of sp³-hybridized carbons (Fsp3) is 0.0909. The van der Waals surface area contributed by atoms with E-state index in [4.69, 9.17) is 0 Å². The van der Waals surface area contributed by atoms with Crippen LogP contribution >= 0.6 is 0 Å². The molecule has 4 nitrogen and oxygen atoms in total. The Balaban J connectivity index is 1.75. The van der Waals surface area contributed by atoms with E-state index in [0.29, 0.717) is 5.69 Å². The van der Waals surface area contributed by atoms with Gasteiger partial charge in [-0.25, -0.2) is 9.69 Å². The van der Waals surface area contributed by atoms with Crippen LogP contribution in [0.2, 0.25) is 0 Å². The first kappa shape index (κ1) is 16.1. The highest BCUT2D eigenvalue weighted by atomic mass is 16.2. The lowest BCUT2D eigenvalue weighted by molar-refractivity contribution is -0.116. The quantitative estimate of drug-likeness (QED) is 0.665. The van der Waals surface area contributed by atoms with Gasteiger partial charge in [-0.05, 0) is 23.3 Å². The number of benzene rings is 3. The standard InChI is InChI=1S/C22H18N2O2/c25-20-16-23(22(26)24(20)19-14-8-3-9-15-19)21(17-10-4-1-5-11-17)18-12-6-2-7-13-18/h1-15,21H,16H2. The summed E-state index contributed by atoms with van der Waals surface area (Å²) in [5.41, 5.74) is 2.56. The number of anilines is 1. The predicted octanol–water partition coefficient (Wildman–Crippen LogP) is 4.24. The molecule has 0 aromatic heterocycles. The molecular formula is C22H18N2O2. The van der Waals surface area contributed by atoms with Crippen LogP contribution in [0.25, 0.3) is 0 Å². The van der Waals surface area contributed by atoms with Gasteiger partial charge in [0.25, 0.3) is 5.91 Å². The van der Waals surface area contributed by atoms with Gasteiger partial charge in [0.2, 0.25) is 0 Å². The molecule has 1 aliphatic rings. The fourth-order valence-corrected chi connectivity index (χ4v) is 3.38. The summed E-state index contributed by atoms with van der Waals surface area (Å²) in [5, 5.41) is 0. The van der Waals surface area contributed by atoms with Crippen molar-refractivity contribution in [3.05, 3.63) is 102 Å². The minimum absolute atomic E-state index is 0.0577. The minimum Gasteiger partial charge on any atom is -0.303 e. The molecule has 0 saturated carbocycles. The third-order valence-electron chi connectivity index (χ3n) is 4.55. The maximum atomic E-state index is 13.1. The molecule has 1 saturated heterocycles. The van der Waals surface area contributed by atoms with E-state index in [9.17, 15) is 9.59 Å². The molecule has 1 aliphatic heterocycles. The van der Waals surface area contributed by atoms with Gasteiger partial charge in [0.1, 0.15) is 6.54 Å². The Morgan fingerprint density at radius 2 is 1.12 bits per heavy atom. The summed E-state index contributed by atoms with van der Waals surface area (Å²) in [4.78, 5) is 28.7. The molecule has 0 aliphatic carbocycles. The van der Waals surface area contributed by atoms with E-state index in [1.807, 2.05) is 78.9 Å². The van der Waals surface area contributed by atoms with E-state index >= 15 is 0 Å². The average Bonchev–Trinajstić information content (AvgIpc) is 2.98. The molecule has 128 valence electrons. The Morgan fingerprint density at radius 1 is 0.654 bits per heavy atom. The lowest BCUT2D eigenvalue weighted by Crippen LogP contribution is -2.35. The largest absolute Gasteiger partial charge is 0.332 e. The molecule has 1 fully saturated rings. The summed E-state index contributed by atoms with van der Waals surface area (Å²) < 4.78 is 0. The van der Waals surface area contributed by atoms with Crippen molar-refractivity contribution >= 4 is 17.6 Å². The Labute approximate surface area is 152 Å². The number of amides is 3. The normalized spacial score (nSPS) is 14.3. The van der Waals surface area contributed by atoms with Gasteiger partial charge >= 0.3 is 6.03 Å². The van der Waals surface area contributed by atoms with Crippen LogP contribution in [0.3, 0.4) is 0 Å². The first-order valence-corrected chi connectivity index (χ1v) is 8.54. The highest BCUT2D eigenvalue weighted by Gasteiger charge is 2.41. The Bertz CT molecular complexity index is 871. The second-order valence-electron chi connectivity index (χ2n) is 6.20. The topological polar surface area (TPSA) is 40.6 Å². The zero-order valence-electron chi connectivity index (χ0n) is 14.2. The van der Waals surface area contributed by atoms with Crippen LogP contribution in [0.1, 0.15) is 17.2 Å². The Kier molecular flexibility index (Phi) is 4.23. The van der Waals surface area contributed by atoms with E-state index < -0.39 is 0 Å². The highest BCUT2D eigenvalue weighted by Crippen LogP contribution is 2.33. The predicted molar refractivity (Wildman–Crippen MR) is 101 cm³/mol. The summed E-state index contributed by atoms with van der Waals surface area (Å²) in [7, 11) is 0. The molecule has 4 rings (SSSR count). The first-order chi connectivity index (χ1) is 12.8. The number of carbonyl (C=O) groups is 2. The third kappa shape index (κ3) is 2.86. The van der Waals surface area contributed by atoms with Crippen LogP contribution in [0.15, 0.2) is 91.0 Å². The molecule has 26 heavy (non-hydrogen) atoms. The zero-order valence-corrected chi connectivity index (χ0v) is 14.2. The summed E-state index contributed by atoms with van der Waals surface area (Å²) in [6.45, 7) is 0.0577. The maximum absolute atomic E-state index is 13.1. The smallest absolute Gasteiger partial charge is 0.303 e. The Hall–Kier alpha value is -3.40. The molecule has 0 bridgehead atoms. The number of hydrogen-bond acceptors (Lipinski definition) is 2. The lowest BCUT2D eigenvalue weighted by atomic mass is 9.97. The van der Waals surface area contributed by atoms with Gasteiger partial charge in [0, 0.05) is 0 Å². The van der Waals surface area contributed by atoms with Gasteiger partial charge in [-0.3, -0.25) is 4.79 Å². The van der Waals surface area contributed by atoms with Crippen molar-refractivity contribution in [1.29, 1.82) is 0 Å². The van der Waals surface area contributed by atoms with E-state index in [2.05, 4.69) is 0 Å². The van der Waals surface area contributed by atoms with Crippen molar-refractivity contribution in [2.45, 2.75) is 6.04 Å². The van der Waals surface area contributed by atoms with Crippen molar-refractivity contribution in [3.8, 4) is 0 Å². The number of urea groups is 1. The van der Waals surface area contributed by atoms with E-state index in [0.717, 1.165) is 11.1 Å². The maximum Gasteiger partial charge on any atom is 0.332 e. The molecule has 0 unspecified atom stereocenters. The van der Waals surface area contributed by atoms with E-state index in [-0.39, 0.29) is 24.5 Å². The molecule has 0 N–H and O–H groups in total. The number of nitrogens with zero attached hydrogens (tertiary/aromatic N) is 2. The summed E-state index contributed by atoms with van der Waals surface area (Å²) in [6.07, 6.45) is 0. The minimum atomic E-state index is -0.303. The molecule has 0 atom stereocenters. The summed E-state index contributed by atoms with van der Waals surface area (Å²) >= 11 is 0. The summed E-state index contributed by atoms with van der Waals surface area (Å²) in [5.74, 6) is -0.210. The van der Waals surface area contributed by atoms with Gasteiger partial charge in [-0.1, -0.05) is 78.9 Å². The highest BCUT2D eigenvalue weighted by molar-refractivity contribution is 6.20. The second-order valence-corrected chi connectivity index (χ2v) is 6.20. The van der Waals surface area contributed by atoms with Crippen molar-refractivity contribution in [2.75, 3.05) is 11.4 Å². The van der Waals surface area contributed by atoms with Crippen LogP contribution in [-0.4, -0.2) is 23.4 Å². The number of imide groups is 1. The second kappa shape index (κ2) is 6.84. The van der Waals surface area contributed by atoms with E-state index in [1.54, 1.807) is 17.0 Å². The number of rotatable bonds is 4. The fourth-order valence-electron chi connectivity index (χ4n) is 3.38. The van der Waals surface area contributed by atoms with Crippen LogP contribution in [-0.2, 0) is 4.79 Å². The van der Waals surface area contributed by atoms with Crippen molar-refractivity contribution < 1.29 is 9.59 Å². The van der Waals surface area contributed by atoms with Gasteiger partial charge in [0.15, 0.2) is 0 Å². The van der Waals surface area contributed by atoms with Crippen molar-refractivity contribution in [3.63, 3.8) is 0 Å². The van der Waals surface area contributed by atoms with E-state index in [1.165, 1.54) is 4.90 Å². The van der Waals surface area contributed by atoms with Gasteiger partial charge in [-0.2, -0.15) is 0 Å². The molecule has 3 aromatic rings. The van der Waals surface area contributed by atoms with Crippen LogP contribution in [0.4, 0.5) is 10.5 Å². The SMILES string of the molecule is O=C1CN(C(c2ccccc2)c2ccccc2)C(=O)N1c1ccccc1. The van der Waals surface area contributed by atoms with Gasteiger partial charge in [0.05, 0.1) is 11.7 Å². The van der Waals surface area contributed by atoms with Gasteiger partial charge in [-0.15, -0.1) is 0 Å². The lowest BCUT2D eigenvalue weighted by Gasteiger charge is -2.28. The van der Waals surface area contributed by atoms with Crippen LogP contribution in [0.5, 0.6) is 0 Å². The monoisotopic (exact) mass is 342 g/mol. The summed E-state index contributed by atoms with van der Waals surface area (Å²) in [6, 6.07) is 28.1. The average molecular weight is 342 g/mol. The molecule has 3 aromatic carbocycles. The van der Waals surface area contributed by atoms with Crippen LogP contribution in [0, 0.1) is 0 Å². The number of para-hydroxylation sites is 1. The molecule has 0 radical (unpaired) electrons. The molecule has 3 amide bonds. The molecule has 4 heteroatoms. The number of carbonyl (C=O) groups excluding carboxylic acids is 2. The third-order valence-corrected chi connectivity index (χ3v) is 4.55.